The standard InChI is InChI=1S/C18H24O7/c1-10(2)13(19)24-18(25-14(20)11(3)4)16(22)6-12-5-15(21,8-16)9-17(18,23)7-12/h12,21-23H,1,3,5-9H2,2,4H3. The van der Waals surface area contributed by atoms with E-state index in [0.717, 1.165) is 0 Å². The van der Waals surface area contributed by atoms with E-state index in [4.69, 9.17) is 9.47 Å². The lowest BCUT2D eigenvalue weighted by atomic mass is 9.47. The zero-order valence-corrected chi connectivity index (χ0v) is 14.5. The Balaban J connectivity index is 2.12. The number of carbonyl (C=O) groups is 2. The van der Waals surface area contributed by atoms with Crippen molar-refractivity contribution in [2.45, 2.75) is 68.5 Å². The van der Waals surface area contributed by atoms with Gasteiger partial charge < -0.3 is 24.8 Å². The maximum Gasteiger partial charge on any atom is 0.336 e. The normalized spacial score (nSPS) is 40.4. The Kier molecular flexibility index (Phi) is 3.73. The molecule has 7 nitrogen and oxygen atoms in total. The van der Waals surface area contributed by atoms with Crippen molar-refractivity contribution in [1.82, 2.24) is 0 Å². The molecule has 4 saturated carbocycles. The molecule has 0 spiro atoms. The summed E-state index contributed by atoms with van der Waals surface area (Å²) in [6.45, 7) is 9.82. The monoisotopic (exact) mass is 352 g/mol. The topological polar surface area (TPSA) is 113 Å². The molecule has 138 valence electrons. The highest BCUT2D eigenvalue weighted by Crippen LogP contribution is 2.65. The lowest BCUT2D eigenvalue weighted by molar-refractivity contribution is -0.422. The Morgan fingerprint density at radius 1 is 0.880 bits per heavy atom. The molecule has 4 aliphatic carbocycles. The van der Waals surface area contributed by atoms with Gasteiger partial charge in [0.15, 0.2) is 0 Å². The van der Waals surface area contributed by atoms with Crippen LogP contribution in [0.15, 0.2) is 24.3 Å². The van der Waals surface area contributed by atoms with Crippen LogP contribution in [0.5, 0.6) is 0 Å². The number of esters is 2. The minimum Gasteiger partial charge on any atom is -0.413 e. The first-order valence-corrected chi connectivity index (χ1v) is 8.30. The summed E-state index contributed by atoms with van der Waals surface area (Å²) in [5.41, 5.74) is -5.02. The molecule has 3 N–H and O–H groups in total. The average Bonchev–Trinajstić information content (AvgIpc) is 2.41. The fourth-order valence-electron chi connectivity index (χ4n) is 4.92. The van der Waals surface area contributed by atoms with Gasteiger partial charge >= 0.3 is 17.7 Å². The van der Waals surface area contributed by atoms with Gasteiger partial charge in [-0.2, -0.15) is 0 Å². The summed E-state index contributed by atoms with van der Waals surface area (Å²) in [6, 6.07) is 0. The Bertz CT molecular complexity index is 629. The van der Waals surface area contributed by atoms with Crippen LogP contribution in [-0.4, -0.2) is 49.8 Å². The van der Waals surface area contributed by atoms with Crippen LogP contribution in [0, 0.1) is 5.92 Å². The largest absolute Gasteiger partial charge is 0.413 e. The van der Waals surface area contributed by atoms with Crippen molar-refractivity contribution < 1.29 is 34.4 Å². The third-order valence-corrected chi connectivity index (χ3v) is 5.56. The third kappa shape index (κ3) is 2.45. The van der Waals surface area contributed by atoms with Crippen LogP contribution in [0.2, 0.25) is 0 Å². The van der Waals surface area contributed by atoms with Crippen LogP contribution >= 0.6 is 0 Å². The van der Waals surface area contributed by atoms with E-state index in [1.165, 1.54) is 13.8 Å². The molecule has 4 bridgehead atoms. The summed E-state index contributed by atoms with van der Waals surface area (Å²) in [7, 11) is 0. The van der Waals surface area contributed by atoms with Gasteiger partial charge in [0.1, 0.15) is 11.2 Å². The van der Waals surface area contributed by atoms with Crippen LogP contribution in [-0.2, 0) is 19.1 Å². The van der Waals surface area contributed by atoms with Gasteiger partial charge in [0.05, 0.1) is 5.60 Å². The summed E-state index contributed by atoms with van der Waals surface area (Å²) >= 11 is 0. The van der Waals surface area contributed by atoms with Gasteiger partial charge in [-0.3, -0.25) is 0 Å². The smallest absolute Gasteiger partial charge is 0.336 e. The molecule has 7 heteroatoms. The van der Waals surface area contributed by atoms with Crippen LogP contribution in [0.1, 0.15) is 46.0 Å². The number of hydrogen-bond acceptors (Lipinski definition) is 7. The van der Waals surface area contributed by atoms with E-state index < -0.39 is 34.5 Å². The van der Waals surface area contributed by atoms with Crippen molar-refractivity contribution in [1.29, 1.82) is 0 Å². The quantitative estimate of drug-likeness (QED) is 0.388. The lowest BCUT2D eigenvalue weighted by Gasteiger charge is -2.67. The number of aliphatic hydroxyl groups is 3. The fourth-order valence-corrected chi connectivity index (χ4v) is 4.92. The number of carbonyl (C=O) groups excluding carboxylic acids is 2. The molecule has 4 fully saturated rings. The Morgan fingerprint density at radius 3 is 1.60 bits per heavy atom. The van der Waals surface area contributed by atoms with Crippen LogP contribution in [0.4, 0.5) is 0 Å². The van der Waals surface area contributed by atoms with Crippen LogP contribution in [0.25, 0.3) is 0 Å². The summed E-state index contributed by atoms with van der Waals surface area (Å²) < 4.78 is 10.8. The molecule has 2 atom stereocenters. The minimum atomic E-state index is -2.31. The van der Waals surface area contributed by atoms with Gasteiger partial charge in [-0.15, -0.1) is 0 Å². The van der Waals surface area contributed by atoms with E-state index >= 15 is 0 Å². The molecule has 0 amide bonds. The average molecular weight is 352 g/mol. The van der Waals surface area contributed by atoms with Crippen molar-refractivity contribution in [2.75, 3.05) is 0 Å². The molecule has 4 rings (SSSR count). The predicted molar refractivity (Wildman–Crippen MR) is 86.0 cm³/mol. The summed E-state index contributed by atoms with van der Waals surface area (Å²) in [5.74, 6) is -4.26. The highest BCUT2D eigenvalue weighted by molar-refractivity contribution is 5.89. The third-order valence-electron chi connectivity index (χ3n) is 5.56. The molecule has 0 aromatic heterocycles. The molecule has 0 aliphatic heterocycles. The van der Waals surface area contributed by atoms with Gasteiger partial charge in [0.25, 0.3) is 0 Å². The van der Waals surface area contributed by atoms with Crippen molar-refractivity contribution >= 4 is 11.9 Å². The summed E-state index contributed by atoms with van der Waals surface area (Å²) in [4.78, 5) is 24.5. The van der Waals surface area contributed by atoms with E-state index in [1.54, 1.807) is 0 Å². The van der Waals surface area contributed by atoms with Crippen molar-refractivity contribution in [3.63, 3.8) is 0 Å². The molecule has 0 saturated heterocycles. The maximum absolute atomic E-state index is 12.2. The van der Waals surface area contributed by atoms with Gasteiger partial charge in [0.2, 0.25) is 0 Å². The van der Waals surface area contributed by atoms with E-state index in [2.05, 4.69) is 13.2 Å². The van der Waals surface area contributed by atoms with Gasteiger partial charge in [0, 0.05) is 24.0 Å². The van der Waals surface area contributed by atoms with Gasteiger partial charge in [-0.1, -0.05) is 13.2 Å². The zero-order valence-electron chi connectivity index (χ0n) is 14.5. The minimum absolute atomic E-state index is 0.0328. The first-order chi connectivity index (χ1) is 11.4. The second-order valence-electron chi connectivity index (χ2n) is 8.08. The number of hydrogen-bond donors (Lipinski definition) is 3. The van der Waals surface area contributed by atoms with Gasteiger partial charge in [-0.25, -0.2) is 9.59 Å². The molecule has 0 aromatic rings. The van der Waals surface area contributed by atoms with Crippen molar-refractivity contribution in [3.05, 3.63) is 24.3 Å². The lowest BCUT2D eigenvalue weighted by Crippen LogP contribution is -2.83. The number of ether oxygens (including phenoxy) is 2. The Hall–Kier alpha value is -1.70. The molecule has 2 unspecified atom stereocenters. The highest BCUT2D eigenvalue weighted by atomic mass is 16.8. The van der Waals surface area contributed by atoms with E-state index in [1.807, 2.05) is 0 Å². The fraction of sp³-hybridized carbons (Fsp3) is 0.667. The van der Waals surface area contributed by atoms with E-state index in [0.29, 0.717) is 6.42 Å². The second-order valence-corrected chi connectivity index (χ2v) is 8.08. The second kappa shape index (κ2) is 5.16. The molecule has 0 radical (unpaired) electrons. The molecular formula is C18H24O7. The van der Waals surface area contributed by atoms with Gasteiger partial charge in [-0.05, 0) is 39.0 Å². The zero-order chi connectivity index (χ0) is 18.8. The molecular weight excluding hydrogens is 328 g/mol. The Labute approximate surface area is 145 Å². The highest BCUT2D eigenvalue weighted by Gasteiger charge is 2.80. The van der Waals surface area contributed by atoms with E-state index in [-0.39, 0.29) is 42.7 Å². The molecule has 0 heterocycles. The van der Waals surface area contributed by atoms with Crippen LogP contribution in [0.3, 0.4) is 0 Å². The maximum atomic E-state index is 12.2. The van der Waals surface area contributed by atoms with Crippen molar-refractivity contribution in [2.24, 2.45) is 5.92 Å². The first-order valence-electron chi connectivity index (χ1n) is 8.30. The number of rotatable bonds is 4. The molecule has 0 aromatic carbocycles. The van der Waals surface area contributed by atoms with Crippen molar-refractivity contribution in [3.8, 4) is 0 Å². The summed E-state index contributed by atoms with van der Waals surface area (Å²) in [5, 5.41) is 33.3. The predicted octanol–water partition coefficient (Wildman–Crippen LogP) is 0.722. The summed E-state index contributed by atoms with van der Waals surface area (Å²) in [6.07, 6.45) is 0.406. The SMILES string of the molecule is C=C(C)C(=O)OC1(OC(=O)C(=C)C)C2(O)CC3CC(O)(C2)CC1(O)C3. The Morgan fingerprint density at radius 2 is 1.28 bits per heavy atom. The van der Waals surface area contributed by atoms with Crippen LogP contribution < -0.4 is 0 Å². The first kappa shape index (κ1) is 18.1. The molecule has 25 heavy (non-hydrogen) atoms. The van der Waals surface area contributed by atoms with E-state index in [9.17, 15) is 24.9 Å². The molecule has 4 aliphatic rings.